The molecule has 0 saturated carbocycles. The number of thioether (sulfide) groups is 1. The molecule has 1 amide bonds. The van der Waals surface area contributed by atoms with Gasteiger partial charge in [0, 0.05) is 23.1 Å². The van der Waals surface area contributed by atoms with E-state index in [9.17, 15) is 4.79 Å². The average molecular weight is 341 g/mol. The molecule has 0 saturated heterocycles. The zero-order valence-electron chi connectivity index (χ0n) is 11.8. The summed E-state index contributed by atoms with van der Waals surface area (Å²) in [4.78, 5) is 15.9. The number of nitrogen functional groups attached to an aromatic ring is 1. The lowest BCUT2D eigenvalue weighted by Crippen LogP contribution is -2.51. The van der Waals surface area contributed by atoms with Crippen LogP contribution in [0.5, 0.6) is 0 Å². The highest BCUT2D eigenvalue weighted by Gasteiger charge is 2.31. The van der Waals surface area contributed by atoms with Crippen molar-refractivity contribution >= 4 is 48.3 Å². The third kappa shape index (κ3) is 5.75. The van der Waals surface area contributed by atoms with Crippen molar-refractivity contribution in [2.45, 2.75) is 31.2 Å². The van der Waals surface area contributed by atoms with Crippen LogP contribution in [0.15, 0.2) is 18.3 Å². The third-order valence-corrected chi connectivity index (χ3v) is 4.24. The van der Waals surface area contributed by atoms with Gasteiger partial charge in [0.2, 0.25) is 5.91 Å². The molecule has 0 aliphatic carbocycles. The molecule has 0 bridgehead atoms. The summed E-state index contributed by atoms with van der Waals surface area (Å²) in [6.45, 7) is 4.23. The third-order valence-electron chi connectivity index (χ3n) is 2.94. The van der Waals surface area contributed by atoms with Gasteiger partial charge in [-0.1, -0.05) is 6.07 Å². The van der Waals surface area contributed by atoms with Crippen LogP contribution in [0.1, 0.15) is 19.4 Å². The molecule has 0 aliphatic rings. The Morgan fingerprint density at radius 1 is 1.50 bits per heavy atom. The summed E-state index contributed by atoms with van der Waals surface area (Å²) in [6.07, 6.45) is 3.55. The number of carbonyl (C=O) groups excluding carboxylic acids is 1. The molecule has 1 rings (SSSR count). The van der Waals surface area contributed by atoms with Crippen molar-refractivity contribution in [3.05, 3.63) is 23.9 Å². The Bertz CT molecular complexity index is 432. The number of hydrogen-bond acceptors (Lipinski definition) is 5. The lowest BCUT2D eigenvalue weighted by atomic mass is 10.0. The monoisotopic (exact) mass is 340 g/mol. The first-order valence-electron chi connectivity index (χ1n) is 5.66. The van der Waals surface area contributed by atoms with Gasteiger partial charge in [0.15, 0.2) is 0 Å². The highest BCUT2D eigenvalue weighted by Crippen LogP contribution is 2.24. The Hall–Kier alpha value is -0.690. The fourth-order valence-corrected chi connectivity index (χ4v) is 1.70. The van der Waals surface area contributed by atoms with Crippen LogP contribution in [0.4, 0.5) is 5.82 Å². The van der Waals surface area contributed by atoms with Gasteiger partial charge in [0.1, 0.15) is 5.82 Å². The van der Waals surface area contributed by atoms with E-state index in [0.717, 1.165) is 5.56 Å². The van der Waals surface area contributed by atoms with Crippen LogP contribution >= 0.6 is 36.6 Å². The molecule has 1 atom stereocenters. The first-order chi connectivity index (χ1) is 8.38. The largest absolute Gasteiger partial charge is 0.383 e. The number of nitrogens with zero attached hydrogens (tertiary/aromatic N) is 1. The van der Waals surface area contributed by atoms with Crippen molar-refractivity contribution in [1.82, 2.24) is 10.3 Å². The number of anilines is 1. The number of nitrogens with one attached hydrogen (secondary N) is 1. The first kappa shape index (κ1) is 21.6. The normalized spacial score (nSPS) is 11.8. The van der Waals surface area contributed by atoms with Crippen molar-refractivity contribution in [1.29, 1.82) is 0 Å². The van der Waals surface area contributed by atoms with Crippen molar-refractivity contribution in [3.8, 4) is 0 Å². The Kier molecular flexibility index (Phi) is 10.0. The maximum atomic E-state index is 11.9. The standard InChI is InChI=1S/C12H20N4OS.2ClH/c1-12(2,18-3)9(13)11(17)16-7-8-5-4-6-15-10(8)14;;/h4-6,9H,7,13H2,1-3H3,(H2,14,15)(H,16,17);2*1H/t9-;;/m1../s1. The van der Waals surface area contributed by atoms with Gasteiger partial charge in [-0.15, -0.1) is 24.8 Å². The molecule has 20 heavy (non-hydrogen) atoms. The molecule has 1 aromatic rings. The van der Waals surface area contributed by atoms with E-state index in [2.05, 4.69) is 10.3 Å². The lowest BCUT2D eigenvalue weighted by Gasteiger charge is -2.28. The summed E-state index contributed by atoms with van der Waals surface area (Å²) in [5.74, 6) is 0.244. The minimum Gasteiger partial charge on any atom is -0.383 e. The van der Waals surface area contributed by atoms with Crippen molar-refractivity contribution in [2.75, 3.05) is 12.0 Å². The van der Waals surface area contributed by atoms with Gasteiger partial charge >= 0.3 is 0 Å². The number of halogens is 2. The van der Waals surface area contributed by atoms with Gasteiger partial charge in [-0.25, -0.2) is 4.98 Å². The van der Waals surface area contributed by atoms with E-state index >= 15 is 0 Å². The van der Waals surface area contributed by atoms with E-state index in [1.807, 2.05) is 26.2 Å². The predicted octanol–water partition coefficient (Wildman–Crippen LogP) is 1.59. The summed E-state index contributed by atoms with van der Waals surface area (Å²) in [7, 11) is 0. The smallest absolute Gasteiger partial charge is 0.238 e. The highest BCUT2D eigenvalue weighted by molar-refractivity contribution is 8.00. The fourth-order valence-electron chi connectivity index (χ4n) is 1.34. The number of aromatic nitrogens is 1. The molecule has 116 valence electrons. The second kappa shape index (κ2) is 9.28. The molecule has 0 radical (unpaired) electrons. The Balaban J connectivity index is 0. The lowest BCUT2D eigenvalue weighted by molar-refractivity contribution is -0.123. The zero-order valence-corrected chi connectivity index (χ0v) is 14.2. The average Bonchev–Trinajstić information content (AvgIpc) is 2.36. The number of carbonyl (C=O) groups is 1. The molecule has 0 spiro atoms. The first-order valence-corrected chi connectivity index (χ1v) is 6.88. The minimum atomic E-state index is -0.564. The van der Waals surface area contributed by atoms with Crippen LogP contribution in [0.3, 0.4) is 0 Å². The van der Waals surface area contributed by atoms with E-state index in [-0.39, 0.29) is 35.5 Å². The van der Waals surface area contributed by atoms with Crippen LogP contribution in [-0.2, 0) is 11.3 Å². The second-order valence-corrected chi connectivity index (χ2v) is 6.01. The molecule has 0 unspecified atom stereocenters. The predicted molar refractivity (Wildman–Crippen MR) is 90.6 cm³/mol. The molecular weight excluding hydrogens is 319 g/mol. The number of amides is 1. The molecule has 0 fully saturated rings. The van der Waals surface area contributed by atoms with Gasteiger partial charge in [0.25, 0.3) is 0 Å². The van der Waals surface area contributed by atoms with Gasteiger partial charge < -0.3 is 16.8 Å². The molecule has 0 aliphatic heterocycles. The van der Waals surface area contributed by atoms with Crippen LogP contribution < -0.4 is 16.8 Å². The summed E-state index contributed by atoms with van der Waals surface area (Å²) >= 11 is 1.57. The molecule has 1 aromatic heterocycles. The van der Waals surface area contributed by atoms with Gasteiger partial charge in [0.05, 0.1) is 6.04 Å². The summed E-state index contributed by atoms with van der Waals surface area (Å²) in [5, 5.41) is 2.78. The highest BCUT2D eigenvalue weighted by atomic mass is 35.5. The van der Waals surface area contributed by atoms with Crippen molar-refractivity contribution < 1.29 is 4.79 Å². The van der Waals surface area contributed by atoms with Crippen LogP contribution in [0, 0.1) is 0 Å². The Morgan fingerprint density at radius 3 is 2.60 bits per heavy atom. The van der Waals surface area contributed by atoms with Gasteiger partial charge in [-0.3, -0.25) is 4.79 Å². The zero-order chi connectivity index (χ0) is 13.8. The number of rotatable bonds is 5. The minimum absolute atomic E-state index is 0. The molecule has 5 N–H and O–H groups in total. The maximum Gasteiger partial charge on any atom is 0.238 e. The van der Waals surface area contributed by atoms with Gasteiger partial charge in [-0.2, -0.15) is 11.8 Å². The van der Waals surface area contributed by atoms with E-state index in [1.165, 1.54) is 0 Å². The second-order valence-electron chi connectivity index (χ2n) is 4.55. The van der Waals surface area contributed by atoms with Crippen LogP contribution in [0.25, 0.3) is 0 Å². The summed E-state index contributed by atoms with van der Waals surface area (Å²) in [6, 6.07) is 3.04. The van der Waals surface area contributed by atoms with E-state index < -0.39 is 6.04 Å². The van der Waals surface area contributed by atoms with Crippen molar-refractivity contribution in [2.24, 2.45) is 5.73 Å². The number of hydrogen-bond donors (Lipinski definition) is 3. The topological polar surface area (TPSA) is 94.0 Å². The van der Waals surface area contributed by atoms with E-state index in [4.69, 9.17) is 11.5 Å². The molecule has 1 heterocycles. The number of pyridine rings is 1. The van der Waals surface area contributed by atoms with Crippen LogP contribution in [0.2, 0.25) is 0 Å². The maximum absolute atomic E-state index is 11.9. The summed E-state index contributed by atoms with van der Waals surface area (Å²) in [5.41, 5.74) is 12.4. The van der Waals surface area contributed by atoms with Crippen molar-refractivity contribution in [3.63, 3.8) is 0 Å². The van der Waals surface area contributed by atoms with Gasteiger partial charge in [-0.05, 0) is 26.2 Å². The fraction of sp³-hybridized carbons (Fsp3) is 0.500. The molecule has 5 nitrogen and oxygen atoms in total. The quantitative estimate of drug-likeness (QED) is 0.756. The summed E-state index contributed by atoms with van der Waals surface area (Å²) < 4.78 is -0.301. The SMILES string of the molecule is CSC(C)(C)[C@H](N)C(=O)NCc1cccnc1N.Cl.Cl. The Morgan fingerprint density at radius 2 is 2.10 bits per heavy atom. The number of nitrogens with two attached hydrogens (primary N) is 2. The Labute approximate surface area is 136 Å². The molecular formula is C12H22Cl2N4OS. The molecule has 0 aromatic carbocycles. The van der Waals surface area contributed by atoms with Crippen LogP contribution in [-0.4, -0.2) is 27.9 Å². The van der Waals surface area contributed by atoms with E-state index in [0.29, 0.717) is 12.4 Å². The van der Waals surface area contributed by atoms with E-state index in [1.54, 1.807) is 24.0 Å². The molecule has 8 heteroatoms.